The number of methoxy groups -OCH3 is 1. The summed E-state index contributed by atoms with van der Waals surface area (Å²) in [7, 11) is 1.40. The van der Waals surface area contributed by atoms with Crippen molar-refractivity contribution < 1.29 is 9.53 Å². The molecule has 0 aliphatic carbocycles. The van der Waals surface area contributed by atoms with E-state index >= 15 is 0 Å². The molecule has 6 rings (SSSR count). The van der Waals surface area contributed by atoms with Crippen molar-refractivity contribution in [1.29, 1.82) is 0 Å². The van der Waals surface area contributed by atoms with Crippen LogP contribution in [0.2, 0.25) is 0 Å². The zero-order valence-corrected chi connectivity index (χ0v) is 24.8. The van der Waals surface area contributed by atoms with E-state index in [1.807, 2.05) is 30.3 Å². The second kappa shape index (κ2) is 12.2. The number of para-hydroxylation sites is 1. The number of fused-ring (bicyclic) bond motifs is 2. The lowest BCUT2D eigenvalue weighted by Crippen LogP contribution is -2.09. The molecular formula is C35H34N4O2S. The number of aromatic nitrogens is 4. The molecule has 7 heteroatoms. The summed E-state index contributed by atoms with van der Waals surface area (Å²) in [4.78, 5) is 22.3. The molecular weight excluding hydrogens is 540 g/mol. The van der Waals surface area contributed by atoms with Gasteiger partial charge in [-0.25, -0.2) is 14.8 Å². The van der Waals surface area contributed by atoms with Crippen molar-refractivity contribution in [2.24, 2.45) is 0 Å². The third-order valence-electron chi connectivity index (χ3n) is 7.94. The second-order valence-corrected chi connectivity index (χ2v) is 10.9. The van der Waals surface area contributed by atoms with Crippen LogP contribution in [0, 0.1) is 0 Å². The summed E-state index contributed by atoms with van der Waals surface area (Å²) in [6.07, 6.45) is 2.97. The maximum atomic E-state index is 12.4. The molecule has 0 radical (unpaired) electrons. The van der Waals surface area contributed by atoms with E-state index in [1.165, 1.54) is 18.2 Å². The van der Waals surface area contributed by atoms with Gasteiger partial charge in [0.2, 0.25) is 0 Å². The number of rotatable bonds is 10. The number of hydrogen-bond acceptors (Lipinski definition) is 5. The summed E-state index contributed by atoms with van der Waals surface area (Å²) in [5.74, 6) is 0.686. The highest BCUT2D eigenvalue weighted by atomic mass is 32.1. The van der Waals surface area contributed by atoms with Crippen LogP contribution in [0.15, 0.2) is 102 Å². The van der Waals surface area contributed by atoms with E-state index in [-0.39, 0.29) is 11.9 Å². The van der Waals surface area contributed by atoms with Crippen LogP contribution in [0.1, 0.15) is 53.6 Å². The molecule has 42 heavy (non-hydrogen) atoms. The van der Waals surface area contributed by atoms with Gasteiger partial charge in [-0.2, -0.15) is 0 Å². The zero-order chi connectivity index (χ0) is 29.1. The highest BCUT2D eigenvalue weighted by Crippen LogP contribution is 2.35. The third-order valence-corrected chi connectivity index (χ3v) is 8.28. The molecule has 6 nitrogen and oxygen atoms in total. The van der Waals surface area contributed by atoms with Crippen molar-refractivity contribution in [3.63, 3.8) is 0 Å². The normalized spacial score (nSPS) is 11.5. The standard InChI is InChI=1S/C35H34N4O2S/c1-3-4-21-39-32-28(16-11-17-29(32)37-35(39)42)33-36-30-23-26(34(40)41-2)18-19-31(30)38(33)22-20-27(24-12-7-5-8-13-24)25-14-9-6-10-15-25/h5-19,23,27H,3-4,20-22H2,1-2H3,(H,37,42). The first-order chi connectivity index (χ1) is 20.6. The number of ether oxygens (including phenoxy) is 1. The van der Waals surface area contributed by atoms with Gasteiger partial charge < -0.3 is 13.9 Å². The second-order valence-electron chi connectivity index (χ2n) is 10.5. The summed E-state index contributed by atoms with van der Waals surface area (Å²) >= 11 is 4.73. The van der Waals surface area contributed by atoms with Crippen LogP contribution in [-0.2, 0) is 17.8 Å². The molecule has 6 aromatic rings. The van der Waals surface area contributed by atoms with Crippen molar-refractivity contribution in [3.8, 4) is 11.4 Å². The Labute approximate surface area is 251 Å². The minimum Gasteiger partial charge on any atom is -0.465 e. The molecule has 0 fully saturated rings. The first-order valence-electron chi connectivity index (χ1n) is 14.5. The van der Waals surface area contributed by atoms with Crippen LogP contribution in [-0.4, -0.2) is 32.2 Å². The number of hydrogen-bond donors (Lipinski definition) is 1. The van der Waals surface area contributed by atoms with Crippen LogP contribution < -0.4 is 0 Å². The molecule has 0 spiro atoms. The Kier molecular flexibility index (Phi) is 8.11. The van der Waals surface area contributed by atoms with E-state index in [0.29, 0.717) is 10.7 Å². The first-order valence-corrected chi connectivity index (χ1v) is 14.9. The lowest BCUT2D eigenvalue weighted by molar-refractivity contribution is 0.0601. The number of imidazole rings is 2. The fourth-order valence-electron chi connectivity index (χ4n) is 5.84. The SMILES string of the molecule is CCCCn1c(S)nc2cccc(-c3nc4cc(C(=O)OC)ccc4n3CCC(c3ccccc3)c3ccccc3)c21. The average molecular weight is 575 g/mol. The number of benzene rings is 4. The van der Waals surface area contributed by atoms with Gasteiger partial charge in [0, 0.05) is 24.6 Å². The smallest absolute Gasteiger partial charge is 0.337 e. The zero-order valence-electron chi connectivity index (χ0n) is 23.9. The van der Waals surface area contributed by atoms with Crippen LogP contribution in [0.25, 0.3) is 33.5 Å². The molecule has 4 aromatic carbocycles. The fourth-order valence-corrected chi connectivity index (χ4v) is 6.15. The van der Waals surface area contributed by atoms with Crippen molar-refractivity contribution in [3.05, 3.63) is 114 Å². The van der Waals surface area contributed by atoms with E-state index in [4.69, 9.17) is 27.3 Å². The molecule has 212 valence electrons. The van der Waals surface area contributed by atoms with E-state index < -0.39 is 0 Å². The lowest BCUT2D eigenvalue weighted by atomic mass is 9.88. The van der Waals surface area contributed by atoms with E-state index in [2.05, 4.69) is 82.8 Å². The lowest BCUT2D eigenvalue weighted by Gasteiger charge is -2.20. The van der Waals surface area contributed by atoms with Crippen molar-refractivity contribution in [2.75, 3.05) is 7.11 Å². The molecule has 0 saturated carbocycles. The maximum Gasteiger partial charge on any atom is 0.337 e. The molecule has 2 heterocycles. The topological polar surface area (TPSA) is 61.9 Å². The van der Waals surface area contributed by atoms with Gasteiger partial charge in [0.15, 0.2) is 5.16 Å². The highest BCUT2D eigenvalue weighted by Gasteiger charge is 2.22. The largest absolute Gasteiger partial charge is 0.465 e. The van der Waals surface area contributed by atoms with Gasteiger partial charge in [-0.1, -0.05) is 80.1 Å². The number of nitrogens with zero attached hydrogens (tertiary/aromatic N) is 4. The van der Waals surface area contributed by atoms with E-state index in [0.717, 1.165) is 65.8 Å². The quantitative estimate of drug-likeness (QED) is 0.132. The van der Waals surface area contributed by atoms with Crippen LogP contribution >= 0.6 is 12.6 Å². The number of carbonyl (C=O) groups is 1. The van der Waals surface area contributed by atoms with Crippen LogP contribution in [0.3, 0.4) is 0 Å². The minimum absolute atomic E-state index is 0.210. The molecule has 0 amide bonds. The Morgan fingerprint density at radius 1 is 0.833 bits per heavy atom. The molecule has 0 unspecified atom stereocenters. The molecule has 2 aromatic heterocycles. The summed E-state index contributed by atoms with van der Waals surface area (Å²) in [5.41, 5.74) is 7.70. The Hall–Kier alpha value is -4.36. The van der Waals surface area contributed by atoms with Crippen molar-refractivity contribution in [1.82, 2.24) is 19.1 Å². The maximum absolute atomic E-state index is 12.4. The predicted molar refractivity (Wildman–Crippen MR) is 171 cm³/mol. The molecule has 0 aliphatic rings. The summed E-state index contributed by atoms with van der Waals surface area (Å²) in [6, 6.07) is 33.1. The Morgan fingerprint density at radius 2 is 1.55 bits per heavy atom. The van der Waals surface area contributed by atoms with Crippen LogP contribution in [0.5, 0.6) is 0 Å². The molecule has 0 N–H and O–H groups in total. The molecule has 0 aliphatic heterocycles. The highest BCUT2D eigenvalue weighted by molar-refractivity contribution is 7.80. The Balaban J connectivity index is 1.51. The number of esters is 1. The van der Waals surface area contributed by atoms with Gasteiger partial charge in [0.1, 0.15) is 5.82 Å². The van der Waals surface area contributed by atoms with Crippen LogP contribution in [0.4, 0.5) is 0 Å². The fraction of sp³-hybridized carbons (Fsp3) is 0.229. The van der Waals surface area contributed by atoms with Gasteiger partial charge in [-0.05, 0) is 54.3 Å². The van der Waals surface area contributed by atoms with Gasteiger partial charge in [0.05, 0.1) is 34.7 Å². The summed E-state index contributed by atoms with van der Waals surface area (Å²) in [6.45, 7) is 3.75. The van der Waals surface area contributed by atoms with Gasteiger partial charge in [-0.3, -0.25) is 0 Å². The third kappa shape index (κ3) is 5.32. The summed E-state index contributed by atoms with van der Waals surface area (Å²) in [5, 5.41) is 0.703. The molecule has 0 saturated heterocycles. The first kappa shape index (κ1) is 27.8. The number of unbranched alkanes of at least 4 members (excludes halogenated alkanes) is 1. The Morgan fingerprint density at radius 3 is 2.21 bits per heavy atom. The van der Waals surface area contributed by atoms with E-state index in [1.54, 1.807) is 0 Å². The van der Waals surface area contributed by atoms with Crippen molar-refractivity contribution in [2.45, 2.75) is 50.4 Å². The van der Waals surface area contributed by atoms with Gasteiger partial charge >= 0.3 is 5.97 Å². The summed E-state index contributed by atoms with van der Waals surface area (Å²) < 4.78 is 9.49. The monoisotopic (exact) mass is 574 g/mol. The number of carbonyl (C=O) groups excluding carboxylic acids is 1. The van der Waals surface area contributed by atoms with E-state index in [9.17, 15) is 4.79 Å². The van der Waals surface area contributed by atoms with Gasteiger partial charge in [0.25, 0.3) is 0 Å². The van der Waals surface area contributed by atoms with Gasteiger partial charge in [-0.15, -0.1) is 12.6 Å². The molecule has 0 bridgehead atoms. The minimum atomic E-state index is -0.374. The Bertz CT molecular complexity index is 1800. The molecule has 0 atom stereocenters. The average Bonchev–Trinajstić information content (AvgIpc) is 3.56. The predicted octanol–water partition coefficient (Wildman–Crippen LogP) is 8.15. The number of aryl methyl sites for hydroxylation is 2. The number of thiol groups is 1. The van der Waals surface area contributed by atoms with Crippen molar-refractivity contribution >= 4 is 40.7 Å².